The Morgan fingerprint density at radius 1 is 0.340 bits per heavy atom. The molecular formula is C46H76S4. The first kappa shape index (κ1) is 40.3. The standard InChI is InChI=1S/C46H76S4/c1-25(2)33-17-13-29(9)21-37(33)41-42(38-22-30(10)14-18-34(38)26(3)4)48-45(47-41)46-49-43(39-23-31(11)15-19-35(39)27(5)6)44(50-46)40-24-32(12)16-20-36(40)28(7)8/h25-40H,13-24H2,1-12H3. The van der Waals surface area contributed by atoms with Gasteiger partial charge in [0.1, 0.15) is 0 Å². The van der Waals surface area contributed by atoms with E-state index in [-0.39, 0.29) is 0 Å². The van der Waals surface area contributed by atoms with Crippen LogP contribution < -0.4 is 0 Å². The Bertz CT molecular complexity index is 1080. The number of hydrogen-bond donors (Lipinski definition) is 0. The topological polar surface area (TPSA) is 0 Å². The molecule has 6 aliphatic rings. The van der Waals surface area contributed by atoms with Crippen LogP contribution in [-0.2, 0) is 0 Å². The lowest BCUT2D eigenvalue weighted by Gasteiger charge is -2.41. The van der Waals surface area contributed by atoms with E-state index >= 15 is 0 Å². The zero-order valence-corrected chi connectivity index (χ0v) is 37.6. The summed E-state index contributed by atoms with van der Waals surface area (Å²) in [4.78, 5) is 7.45. The summed E-state index contributed by atoms with van der Waals surface area (Å²) in [6.07, 6.45) is 17.1. The monoisotopic (exact) mass is 756 g/mol. The molecule has 12 atom stereocenters. The lowest BCUT2D eigenvalue weighted by molar-refractivity contribution is 0.163. The molecule has 4 saturated carbocycles. The molecule has 4 fully saturated rings. The maximum absolute atomic E-state index is 2.56. The Labute approximate surface area is 328 Å². The first-order chi connectivity index (χ1) is 23.7. The highest BCUT2D eigenvalue weighted by molar-refractivity contribution is 8.34. The first-order valence-electron chi connectivity index (χ1n) is 21.7. The summed E-state index contributed by atoms with van der Waals surface area (Å²) in [5.41, 5.74) is 0. The Balaban J connectivity index is 1.42. The Morgan fingerprint density at radius 3 is 0.720 bits per heavy atom. The van der Waals surface area contributed by atoms with E-state index in [1.807, 2.05) is 19.6 Å². The predicted octanol–water partition coefficient (Wildman–Crippen LogP) is 16.3. The van der Waals surface area contributed by atoms with Crippen LogP contribution in [0.15, 0.2) is 28.1 Å². The van der Waals surface area contributed by atoms with Crippen molar-refractivity contribution in [1.29, 1.82) is 0 Å². The summed E-state index contributed by atoms with van der Waals surface area (Å²) in [7, 11) is 0. The van der Waals surface area contributed by atoms with Gasteiger partial charge in [0.25, 0.3) is 0 Å². The average molecular weight is 757 g/mol. The minimum atomic E-state index is 0.756. The third-order valence-electron chi connectivity index (χ3n) is 14.9. The normalized spacial score (nSPS) is 40.8. The van der Waals surface area contributed by atoms with Crippen molar-refractivity contribution in [2.24, 2.45) is 94.7 Å². The van der Waals surface area contributed by atoms with E-state index in [4.69, 9.17) is 0 Å². The Kier molecular flexibility index (Phi) is 13.8. The van der Waals surface area contributed by atoms with Gasteiger partial charge in [0.15, 0.2) is 0 Å². The number of rotatable bonds is 8. The van der Waals surface area contributed by atoms with Crippen molar-refractivity contribution in [3.05, 3.63) is 28.1 Å². The fourth-order valence-corrected chi connectivity index (χ4v) is 18.6. The van der Waals surface area contributed by atoms with Crippen LogP contribution in [0.4, 0.5) is 0 Å². The minimum Gasteiger partial charge on any atom is -0.0843 e. The summed E-state index contributed by atoms with van der Waals surface area (Å²) >= 11 is 9.28. The van der Waals surface area contributed by atoms with E-state index < -0.39 is 0 Å². The maximum atomic E-state index is 2.56. The molecule has 0 bridgehead atoms. The van der Waals surface area contributed by atoms with Crippen molar-refractivity contribution in [2.75, 3.05) is 0 Å². The summed E-state index contributed by atoms with van der Waals surface area (Å²) in [6.45, 7) is 30.6. The molecule has 0 radical (unpaired) electrons. The number of thioether (sulfide) groups is 4. The highest BCUT2D eigenvalue weighted by Crippen LogP contribution is 2.69. The smallest absolute Gasteiger partial charge is 0.0700 e. The third-order valence-corrected chi connectivity index (χ3v) is 21.2. The molecule has 0 aromatic heterocycles. The first-order valence-corrected chi connectivity index (χ1v) is 24.9. The molecule has 0 saturated heterocycles. The third kappa shape index (κ3) is 8.69. The number of allylic oxidation sites excluding steroid dienone is 4. The summed E-state index contributed by atoms with van der Waals surface area (Å²) in [6, 6.07) is 0. The van der Waals surface area contributed by atoms with Gasteiger partial charge in [-0.05, 0) is 146 Å². The maximum Gasteiger partial charge on any atom is 0.0700 e. The van der Waals surface area contributed by atoms with Crippen molar-refractivity contribution in [3.63, 3.8) is 0 Å². The lowest BCUT2D eigenvalue weighted by atomic mass is 9.67. The lowest BCUT2D eigenvalue weighted by Crippen LogP contribution is -2.31. The second-order valence-corrected chi connectivity index (χ2v) is 24.9. The van der Waals surface area contributed by atoms with Gasteiger partial charge < -0.3 is 0 Å². The van der Waals surface area contributed by atoms with Gasteiger partial charge in [-0.15, -0.1) is 0 Å². The van der Waals surface area contributed by atoms with Crippen LogP contribution in [0.2, 0.25) is 0 Å². The molecule has 12 unspecified atom stereocenters. The zero-order chi connectivity index (χ0) is 36.0. The van der Waals surface area contributed by atoms with Gasteiger partial charge in [0.2, 0.25) is 0 Å². The van der Waals surface area contributed by atoms with Gasteiger partial charge in [-0.25, -0.2) is 0 Å². The largest absolute Gasteiger partial charge is 0.0843 e. The molecule has 0 nitrogen and oxygen atoms in total. The number of hydrogen-bond acceptors (Lipinski definition) is 4. The van der Waals surface area contributed by atoms with E-state index in [9.17, 15) is 0 Å². The minimum absolute atomic E-state index is 0.756. The van der Waals surface area contributed by atoms with Gasteiger partial charge in [-0.3, -0.25) is 0 Å². The second-order valence-electron chi connectivity index (χ2n) is 20.2. The van der Waals surface area contributed by atoms with E-state index in [0.29, 0.717) is 0 Å². The highest BCUT2D eigenvalue weighted by Gasteiger charge is 2.47. The highest BCUT2D eigenvalue weighted by atomic mass is 32.2. The molecule has 2 aliphatic heterocycles. The van der Waals surface area contributed by atoms with Crippen molar-refractivity contribution < 1.29 is 0 Å². The molecule has 4 aliphatic carbocycles. The molecule has 0 aromatic rings. The van der Waals surface area contributed by atoms with Gasteiger partial charge in [-0.1, -0.05) is 156 Å². The Morgan fingerprint density at radius 2 is 0.540 bits per heavy atom. The fourth-order valence-electron chi connectivity index (χ4n) is 11.9. The average Bonchev–Trinajstić information content (AvgIpc) is 3.69. The van der Waals surface area contributed by atoms with Gasteiger partial charge in [0.05, 0.1) is 8.47 Å². The van der Waals surface area contributed by atoms with Gasteiger partial charge in [0, 0.05) is 19.6 Å². The van der Waals surface area contributed by atoms with E-state index in [1.54, 1.807) is 8.47 Å². The SMILES string of the molecule is CC1CCC(C(C)C)C(C2=C(C3CC(C)CCC3C(C)C)SC(=C3SC(C4CC(C)CCC4C(C)C)=C(C4CC(C)CCC4C(C)C)S3)S2)C1. The molecule has 2 heterocycles. The van der Waals surface area contributed by atoms with E-state index in [2.05, 4.69) is 130 Å². The van der Waals surface area contributed by atoms with Crippen LogP contribution >= 0.6 is 47.0 Å². The van der Waals surface area contributed by atoms with Crippen LogP contribution in [0, 0.1) is 94.7 Å². The van der Waals surface area contributed by atoms with Crippen LogP contribution in [-0.4, -0.2) is 0 Å². The van der Waals surface area contributed by atoms with Gasteiger partial charge in [-0.2, -0.15) is 0 Å². The van der Waals surface area contributed by atoms with E-state index in [1.165, 1.54) is 77.0 Å². The molecule has 0 aromatic carbocycles. The van der Waals surface area contributed by atoms with Crippen molar-refractivity contribution in [2.45, 2.75) is 160 Å². The predicted molar refractivity (Wildman–Crippen MR) is 231 cm³/mol. The second kappa shape index (κ2) is 17.2. The zero-order valence-electron chi connectivity index (χ0n) is 34.4. The quantitative estimate of drug-likeness (QED) is 0.242. The Hall–Kier alpha value is 0.620. The molecule has 284 valence electrons. The molecule has 6 rings (SSSR count). The summed E-state index contributed by atoms with van der Waals surface area (Å²) in [5, 5.41) is 0. The van der Waals surface area contributed by atoms with Gasteiger partial charge >= 0.3 is 0 Å². The molecule has 50 heavy (non-hydrogen) atoms. The molecule has 0 amide bonds. The van der Waals surface area contributed by atoms with Crippen molar-refractivity contribution >= 4 is 47.0 Å². The molecule has 4 heteroatoms. The molecular weight excluding hydrogens is 681 g/mol. The van der Waals surface area contributed by atoms with Crippen molar-refractivity contribution in [3.8, 4) is 0 Å². The van der Waals surface area contributed by atoms with E-state index in [0.717, 1.165) is 94.7 Å². The van der Waals surface area contributed by atoms with Crippen LogP contribution in [0.1, 0.15) is 160 Å². The summed E-state index contributed by atoms with van der Waals surface area (Å²) < 4.78 is 3.41. The van der Waals surface area contributed by atoms with Crippen molar-refractivity contribution in [1.82, 2.24) is 0 Å². The summed E-state index contributed by atoms with van der Waals surface area (Å²) in [5.74, 6) is 12.9. The molecule has 0 N–H and O–H groups in total. The fraction of sp³-hybridized carbons (Fsp3) is 0.870. The van der Waals surface area contributed by atoms with Crippen LogP contribution in [0.25, 0.3) is 0 Å². The molecule has 0 spiro atoms. The van der Waals surface area contributed by atoms with Crippen LogP contribution in [0.3, 0.4) is 0 Å². The van der Waals surface area contributed by atoms with Crippen LogP contribution in [0.5, 0.6) is 0 Å².